The van der Waals surface area contributed by atoms with E-state index in [9.17, 15) is 10.1 Å². The van der Waals surface area contributed by atoms with Crippen LogP contribution in [-0.2, 0) is 0 Å². The lowest BCUT2D eigenvalue weighted by Crippen LogP contribution is -2.13. The fourth-order valence-corrected chi connectivity index (χ4v) is 3.05. The minimum atomic E-state index is -0.409. The van der Waals surface area contributed by atoms with Gasteiger partial charge in [-0.05, 0) is 37.6 Å². The first kappa shape index (κ1) is 17.7. The Morgan fingerprint density at radius 1 is 1.31 bits per heavy atom. The maximum absolute atomic E-state index is 10.9. The van der Waals surface area contributed by atoms with Crippen molar-refractivity contribution in [2.75, 3.05) is 0 Å². The van der Waals surface area contributed by atoms with Gasteiger partial charge in [0.1, 0.15) is 0 Å². The number of hydrogen-bond acceptors (Lipinski definition) is 6. The van der Waals surface area contributed by atoms with Crippen molar-refractivity contribution in [3.8, 4) is 11.3 Å². The van der Waals surface area contributed by atoms with Gasteiger partial charge in [0.2, 0.25) is 4.80 Å². The van der Waals surface area contributed by atoms with Crippen molar-refractivity contribution in [3.05, 3.63) is 69.1 Å². The monoisotopic (exact) mass is 367 g/mol. The SMILES string of the molecule is CCC(C)=Nn1c(-c2ccc([N+](=O)[O-])cc2)csc1=Nc1cccnc1. The van der Waals surface area contributed by atoms with Crippen LogP contribution in [0.25, 0.3) is 11.3 Å². The van der Waals surface area contributed by atoms with Crippen LogP contribution in [0.1, 0.15) is 20.3 Å². The lowest BCUT2D eigenvalue weighted by atomic mass is 10.1. The molecule has 8 heteroatoms. The smallest absolute Gasteiger partial charge is 0.262 e. The molecule has 0 atom stereocenters. The molecule has 0 aliphatic heterocycles. The van der Waals surface area contributed by atoms with Gasteiger partial charge in [0.05, 0.1) is 22.5 Å². The summed E-state index contributed by atoms with van der Waals surface area (Å²) < 4.78 is 1.78. The number of rotatable bonds is 5. The Labute approximate surface area is 154 Å². The topological polar surface area (TPSA) is 85.7 Å². The number of aromatic nitrogens is 2. The van der Waals surface area contributed by atoms with Crippen LogP contribution < -0.4 is 4.80 Å². The van der Waals surface area contributed by atoms with E-state index < -0.39 is 4.92 Å². The molecule has 0 N–H and O–H groups in total. The molecule has 0 spiro atoms. The van der Waals surface area contributed by atoms with E-state index in [1.165, 1.54) is 23.5 Å². The van der Waals surface area contributed by atoms with Gasteiger partial charge in [-0.25, -0.2) is 9.67 Å². The molecule has 0 aliphatic rings. The Bertz CT molecular complexity index is 1000. The maximum Gasteiger partial charge on any atom is 0.269 e. The van der Waals surface area contributed by atoms with Crippen molar-refractivity contribution in [1.82, 2.24) is 9.66 Å². The Hall–Kier alpha value is -3.13. The van der Waals surface area contributed by atoms with Gasteiger partial charge in [-0.2, -0.15) is 5.10 Å². The average Bonchev–Trinajstić information content (AvgIpc) is 3.04. The molecule has 0 aliphatic carbocycles. The van der Waals surface area contributed by atoms with Gasteiger partial charge in [0.25, 0.3) is 5.69 Å². The molecule has 0 fully saturated rings. The van der Waals surface area contributed by atoms with Crippen molar-refractivity contribution < 1.29 is 4.92 Å². The van der Waals surface area contributed by atoms with E-state index in [1.54, 1.807) is 29.2 Å². The molecule has 26 heavy (non-hydrogen) atoms. The van der Waals surface area contributed by atoms with Crippen LogP contribution in [0.3, 0.4) is 0 Å². The summed E-state index contributed by atoms with van der Waals surface area (Å²) in [5.74, 6) is 0. The molecular weight excluding hydrogens is 350 g/mol. The minimum absolute atomic E-state index is 0.0593. The normalized spacial score (nSPS) is 12.4. The van der Waals surface area contributed by atoms with E-state index in [4.69, 9.17) is 0 Å². The highest BCUT2D eigenvalue weighted by Crippen LogP contribution is 2.23. The molecule has 7 nitrogen and oxygen atoms in total. The highest BCUT2D eigenvalue weighted by Gasteiger charge is 2.11. The molecule has 0 saturated heterocycles. The third-order valence-electron chi connectivity index (χ3n) is 3.71. The quantitative estimate of drug-likeness (QED) is 0.381. The van der Waals surface area contributed by atoms with Crippen molar-refractivity contribution in [2.24, 2.45) is 10.1 Å². The summed E-state index contributed by atoms with van der Waals surface area (Å²) in [7, 11) is 0. The fraction of sp³-hybridized carbons (Fsp3) is 0.167. The zero-order chi connectivity index (χ0) is 18.5. The predicted octanol–water partition coefficient (Wildman–Crippen LogP) is 4.39. The number of nitro groups is 1. The summed E-state index contributed by atoms with van der Waals surface area (Å²) in [5.41, 5.74) is 3.43. The molecule has 1 aromatic carbocycles. The number of pyridine rings is 1. The van der Waals surface area contributed by atoms with Crippen molar-refractivity contribution in [2.45, 2.75) is 20.3 Å². The second-order valence-electron chi connectivity index (χ2n) is 5.53. The van der Waals surface area contributed by atoms with Crippen LogP contribution in [0, 0.1) is 10.1 Å². The number of benzene rings is 1. The van der Waals surface area contributed by atoms with Crippen LogP contribution in [0.4, 0.5) is 11.4 Å². The van der Waals surface area contributed by atoms with Crippen LogP contribution in [0.2, 0.25) is 0 Å². The molecule has 3 aromatic rings. The van der Waals surface area contributed by atoms with Gasteiger partial charge in [0, 0.05) is 35.0 Å². The van der Waals surface area contributed by atoms with E-state index in [-0.39, 0.29) is 5.69 Å². The molecule has 3 rings (SSSR count). The van der Waals surface area contributed by atoms with E-state index in [0.717, 1.165) is 29.1 Å². The van der Waals surface area contributed by atoms with Gasteiger partial charge in [-0.15, -0.1) is 11.3 Å². The Morgan fingerprint density at radius 3 is 2.69 bits per heavy atom. The summed E-state index contributed by atoms with van der Waals surface area (Å²) in [6.07, 6.45) is 4.20. The molecule has 0 saturated carbocycles. The summed E-state index contributed by atoms with van der Waals surface area (Å²) in [4.78, 5) is 19.9. The average molecular weight is 367 g/mol. The second-order valence-corrected chi connectivity index (χ2v) is 6.37. The minimum Gasteiger partial charge on any atom is -0.262 e. The number of non-ortho nitro benzene ring substituents is 1. The molecule has 132 valence electrons. The summed E-state index contributed by atoms with van der Waals surface area (Å²) in [5, 5.41) is 17.5. The van der Waals surface area contributed by atoms with Crippen LogP contribution in [-0.4, -0.2) is 20.3 Å². The Morgan fingerprint density at radius 2 is 2.08 bits per heavy atom. The standard InChI is InChI=1S/C18H17N5O2S/c1-3-13(2)21-22-17(14-6-8-16(9-7-14)23(24)25)12-26-18(22)20-15-5-4-10-19-11-15/h4-12H,3H2,1-2H3. The highest BCUT2D eigenvalue weighted by molar-refractivity contribution is 7.07. The third-order valence-corrected chi connectivity index (χ3v) is 4.53. The number of nitrogens with zero attached hydrogens (tertiary/aromatic N) is 5. The van der Waals surface area contributed by atoms with Crippen molar-refractivity contribution >= 4 is 28.4 Å². The van der Waals surface area contributed by atoms with Crippen LogP contribution >= 0.6 is 11.3 Å². The second kappa shape index (κ2) is 7.83. The number of hydrogen-bond donors (Lipinski definition) is 0. The van der Waals surface area contributed by atoms with Gasteiger partial charge < -0.3 is 0 Å². The molecule has 0 amide bonds. The lowest BCUT2D eigenvalue weighted by molar-refractivity contribution is -0.384. The fourth-order valence-electron chi connectivity index (χ4n) is 2.20. The number of nitro benzene ring substituents is 1. The molecule has 2 aromatic heterocycles. The van der Waals surface area contributed by atoms with E-state index in [2.05, 4.69) is 15.1 Å². The summed E-state index contributed by atoms with van der Waals surface area (Å²) in [6, 6.07) is 10.1. The maximum atomic E-state index is 10.9. The zero-order valence-corrected chi connectivity index (χ0v) is 15.2. The first-order chi connectivity index (χ1) is 12.6. The van der Waals surface area contributed by atoms with Crippen LogP contribution in [0.5, 0.6) is 0 Å². The van der Waals surface area contributed by atoms with Gasteiger partial charge >= 0.3 is 0 Å². The lowest BCUT2D eigenvalue weighted by Gasteiger charge is -2.05. The highest BCUT2D eigenvalue weighted by atomic mass is 32.1. The molecule has 0 unspecified atom stereocenters. The van der Waals surface area contributed by atoms with Crippen molar-refractivity contribution in [1.29, 1.82) is 0 Å². The van der Waals surface area contributed by atoms with Gasteiger partial charge in [0.15, 0.2) is 0 Å². The summed E-state index contributed by atoms with van der Waals surface area (Å²) >= 11 is 1.46. The first-order valence-electron chi connectivity index (χ1n) is 8.03. The van der Waals surface area contributed by atoms with Gasteiger partial charge in [-0.1, -0.05) is 6.92 Å². The van der Waals surface area contributed by atoms with E-state index >= 15 is 0 Å². The third kappa shape index (κ3) is 3.92. The summed E-state index contributed by atoms with van der Waals surface area (Å²) in [6.45, 7) is 3.99. The zero-order valence-electron chi connectivity index (χ0n) is 14.4. The number of thiazole rings is 1. The van der Waals surface area contributed by atoms with E-state index in [1.807, 2.05) is 31.4 Å². The van der Waals surface area contributed by atoms with Gasteiger partial charge in [-0.3, -0.25) is 15.1 Å². The predicted molar refractivity (Wildman–Crippen MR) is 103 cm³/mol. The van der Waals surface area contributed by atoms with E-state index in [0.29, 0.717) is 4.80 Å². The molecule has 0 radical (unpaired) electrons. The molecular formula is C18H17N5O2S. The van der Waals surface area contributed by atoms with Crippen molar-refractivity contribution in [3.63, 3.8) is 0 Å². The molecule has 2 heterocycles. The first-order valence-corrected chi connectivity index (χ1v) is 8.91. The Balaban J connectivity index is 2.14. The Kier molecular flexibility index (Phi) is 5.33. The van der Waals surface area contributed by atoms with Crippen LogP contribution in [0.15, 0.2) is 64.3 Å². The molecule has 0 bridgehead atoms. The largest absolute Gasteiger partial charge is 0.269 e.